The highest BCUT2D eigenvalue weighted by molar-refractivity contribution is 5.35. The minimum absolute atomic E-state index is 0.0620. The van der Waals surface area contributed by atoms with Gasteiger partial charge in [0.2, 0.25) is 0 Å². The molecule has 23 heavy (non-hydrogen) atoms. The fourth-order valence-electron chi connectivity index (χ4n) is 3.17. The first-order valence-corrected chi connectivity index (χ1v) is 8.29. The predicted molar refractivity (Wildman–Crippen MR) is 82.8 cm³/mol. The molecular weight excluding hydrogens is 294 g/mol. The summed E-state index contributed by atoms with van der Waals surface area (Å²) >= 11 is 0. The van der Waals surface area contributed by atoms with Crippen molar-refractivity contribution in [1.29, 1.82) is 0 Å². The zero-order valence-corrected chi connectivity index (χ0v) is 13.1. The van der Waals surface area contributed by atoms with Crippen molar-refractivity contribution in [3.63, 3.8) is 0 Å². The van der Waals surface area contributed by atoms with Gasteiger partial charge < -0.3 is 18.7 Å². The van der Waals surface area contributed by atoms with Crippen molar-refractivity contribution in [1.82, 2.24) is 5.16 Å². The van der Waals surface area contributed by atoms with E-state index in [1.165, 1.54) is 6.42 Å². The molecule has 2 aromatic rings. The number of benzene rings is 1. The lowest BCUT2D eigenvalue weighted by Gasteiger charge is -2.22. The summed E-state index contributed by atoms with van der Waals surface area (Å²) in [5.74, 6) is 0.870. The van der Waals surface area contributed by atoms with Crippen LogP contribution in [-0.2, 0) is 27.2 Å². The Kier molecular flexibility index (Phi) is 4.41. The van der Waals surface area contributed by atoms with E-state index in [0.29, 0.717) is 19.6 Å². The molecule has 1 aromatic carbocycles. The van der Waals surface area contributed by atoms with E-state index in [0.717, 1.165) is 42.0 Å². The van der Waals surface area contributed by atoms with Gasteiger partial charge in [-0.1, -0.05) is 35.5 Å². The number of hydrogen-bond donors (Lipinski definition) is 0. The molecule has 122 valence electrons. The Labute approximate surface area is 135 Å². The molecule has 5 heteroatoms. The third-order valence-corrected chi connectivity index (χ3v) is 4.42. The third kappa shape index (κ3) is 3.17. The molecule has 0 bridgehead atoms. The van der Waals surface area contributed by atoms with Crippen LogP contribution in [-0.4, -0.2) is 24.7 Å². The summed E-state index contributed by atoms with van der Waals surface area (Å²) in [6.45, 7) is 1.94. The summed E-state index contributed by atoms with van der Waals surface area (Å²) in [4.78, 5) is 0. The van der Waals surface area contributed by atoms with Crippen molar-refractivity contribution < 1.29 is 18.7 Å². The Morgan fingerprint density at radius 1 is 1.13 bits per heavy atom. The fraction of sp³-hybridized carbons (Fsp3) is 0.500. The third-order valence-electron chi connectivity index (χ3n) is 4.42. The van der Waals surface area contributed by atoms with Gasteiger partial charge in [0, 0.05) is 18.6 Å². The molecule has 1 aromatic heterocycles. The summed E-state index contributed by atoms with van der Waals surface area (Å²) in [6, 6.07) is 10.1. The first-order valence-electron chi connectivity index (χ1n) is 8.29. The molecule has 5 nitrogen and oxygen atoms in total. The molecule has 2 unspecified atom stereocenters. The van der Waals surface area contributed by atoms with E-state index < -0.39 is 0 Å². The Balaban J connectivity index is 1.38. The van der Waals surface area contributed by atoms with Gasteiger partial charge in [-0.25, -0.2) is 0 Å². The highest BCUT2D eigenvalue weighted by Crippen LogP contribution is 2.36. The van der Waals surface area contributed by atoms with Crippen molar-refractivity contribution in [2.75, 3.05) is 13.2 Å². The van der Waals surface area contributed by atoms with Crippen LogP contribution in [0.1, 0.15) is 47.9 Å². The largest absolute Gasteiger partial charge is 0.362 e. The van der Waals surface area contributed by atoms with E-state index >= 15 is 0 Å². The van der Waals surface area contributed by atoms with Crippen LogP contribution in [0.15, 0.2) is 34.9 Å². The highest BCUT2D eigenvalue weighted by atomic mass is 16.7. The molecule has 3 heterocycles. The van der Waals surface area contributed by atoms with Gasteiger partial charge >= 0.3 is 0 Å². The van der Waals surface area contributed by atoms with E-state index in [1.807, 2.05) is 18.2 Å². The lowest BCUT2D eigenvalue weighted by molar-refractivity contribution is -0.162. The zero-order chi connectivity index (χ0) is 15.5. The lowest BCUT2D eigenvalue weighted by atomic mass is 10.0. The van der Waals surface area contributed by atoms with Crippen LogP contribution in [0.4, 0.5) is 0 Å². The quantitative estimate of drug-likeness (QED) is 0.846. The standard InChI is InChI=1S/C18H21NO4/c1-2-6-13(7-3-1)18-17-14(12-22-18)15(23-19-17)9-11-21-16-8-4-5-10-20-16/h1-3,6-7,16,18H,4-5,8-12H2. The van der Waals surface area contributed by atoms with Crippen LogP contribution in [0.5, 0.6) is 0 Å². The molecule has 0 N–H and O–H groups in total. The van der Waals surface area contributed by atoms with Gasteiger partial charge in [0.25, 0.3) is 0 Å². The van der Waals surface area contributed by atoms with Gasteiger partial charge in [-0.05, 0) is 24.8 Å². The lowest BCUT2D eigenvalue weighted by Crippen LogP contribution is -2.23. The second-order valence-corrected chi connectivity index (χ2v) is 5.99. The SMILES string of the molecule is c1ccc(C2OCc3c2noc3CCOC2CCCCO2)cc1. The highest BCUT2D eigenvalue weighted by Gasteiger charge is 2.31. The van der Waals surface area contributed by atoms with E-state index in [4.69, 9.17) is 18.7 Å². The molecule has 1 fully saturated rings. The van der Waals surface area contributed by atoms with E-state index in [-0.39, 0.29) is 12.4 Å². The molecule has 2 atom stereocenters. The van der Waals surface area contributed by atoms with Gasteiger partial charge in [0.05, 0.1) is 13.2 Å². The van der Waals surface area contributed by atoms with E-state index in [1.54, 1.807) is 0 Å². The van der Waals surface area contributed by atoms with Gasteiger partial charge in [0.15, 0.2) is 6.29 Å². The molecule has 0 radical (unpaired) electrons. The molecule has 0 spiro atoms. The fourth-order valence-corrected chi connectivity index (χ4v) is 3.17. The van der Waals surface area contributed by atoms with Gasteiger partial charge in [-0.2, -0.15) is 0 Å². The normalized spacial score (nSPS) is 23.8. The maximum Gasteiger partial charge on any atom is 0.157 e. The average molecular weight is 315 g/mol. The Morgan fingerprint density at radius 3 is 2.87 bits per heavy atom. The first kappa shape index (κ1) is 14.9. The summed E-state index contributed by atoms with van der Waals surface area (Å²) in [7, 11) is 0. The minimum atomic E-state index is -0.119. The predicted octanol–water partition coefficient (Wildman–Crippen LogP) is 3.38. The topological polar surface area (TPSA) is 53.7 Å². The second kappa shape index (κ2) is 6.83. The van der Waals surface area contributed by atoms with Crippen LogP contribution in [0.3, 0.4) is 0 Å². The molecule has 0 amide bonds. The summed E-state index contributed by atoms with van der Waals surface area (Å²) in [6.07, 6.45) is 3.81. The molecule has 2 aliphatic rings. The van der Waals surface area contributed by atoms with Crippen molar-refractivity contribution in [3.05, 3.63) is 52.9 Å². The second-order valence-electron chi connectivity index (χ2n) is 5.99. The summed E-state index contributed by atoms with van der Waals surface area (Å²) in [5, 5.41) is 4.23. The maximum absolute atomic E-state index is 5.90. The number of nitrogens with zero attached hydrogens (tertiary/aromatic N) is 1. The van der Waals surface area contributed by atoms with Crippen LogP contribution in [0.25, 0.3) is 0 Å². The maximum atomic E-state index is 5.90. The number of hydrogen-bond acceptors (Lipinski definition) is 5. The van der Waals surface area contributed by atoms with Crippen molar-refractivity contribution in [3.8, 4) is 0 Å². The Hall–Kier alpha value is -1.69. The van der Waals surface area contributed by atoms with Crippen LogP contribution < -0.4 is 0 Å². The van der Waals surface area contributed by atoms with Crippen molar-refractivity contribution >= 4 is 0 Å². The number of rotatable bonds is 5. The zero-order valence-electron chi connectivity index (χ0n) is 13.1. The van der Waals surface area contributed by atoms with Crippen LogP contribution in [0, 0.1) is 0 Å². The van der Waals surface area contributed by atoms with Crippen LogP contribution >= 0.6 is 0 Å². The number of ether oxygens (including phenoxy) is 3. The molecule has 0 aliphatic carbocycles. The van der Waals surface area contributed by atoms with E-state index in [2.05, 4.69) is 17.3 Å². The monoisotopic (exact) mass is 315 g/mol. The Morgan fingerprint density at radius 2 is 2.04 bits per heavy atom. The molecule has 2 aliphatic heterocycles. The van der Waals surface area contributed by atoms with Gasteiger partial charge in [0.1, 0.15) is 17.6 Å². The summed E-state index contributed by atoms with van der Waals surface area (Å²) in [5.41, 5.74) is 3.09. The summed E-state index contributed by atoms with van der Waals surface area (Å²) < 4.78 is 22.8. The average Bonchev–Trinajstić information content (AvgIpc) is 3.19. The molecule has 4 rings (SSSR count). The first-order chi connectivity index (χ1) is 11.4. The van der Waals surface area contributed by atoms with Crippen molar-refractivity contribution in [2.24, 2.45) is 0 Å². The Bertz CT molecular complexity index is 634. The molecular formula is C18H21NO4. The van der Waals surface area contributed by atoms with Crippen molar-refractivity contribution in [2.45, 2.75) is 44.7 Å². The van der Waals surface area contributed by atoms with Gasteiger partial charge in [-0.15, -0.1) is 0 Å². The molecule has 1 saturated heterocycles. The van der Waals surface area contributed by atoms with Crippen LogP contribution in [0.2, 0.25) is 0 Å². The van der Waals surface area contributed by atoms with Gasteiger partial charge in [-0.3, -0.25) is 0 Å². The molecule has 0 saturated carbocycles. The van der Waals surface area contributed by atoms with E-state index in [9.17, 15) is 0 Å². The smallest absolute Gasteiger partial charge is 0.157 e. The number of fused-ring (bicyclic) bond motifs is 1. The number of aromatic nitrogens is 1. The minimum Gasteiger partial charge on any atom is -0.362 e.